The van der Waals surface area contributed by atoms with Crippen molar-refractivity contribution in [2.75, 3.05) is 60.0 Å². The summed E-state index contributed by atoms with van der Waals surface area (Å²) in [7, 11) is 3.67. The van der Waals surface area contributed by atoms with Crippen molar-refractivity contribution >= 4 is 5.96 Å². The van der Waals surface area contributed by atoms with Gasteiger partial charge in [0.25, 0.3) is 0 Å². The first-order chi connectivity index (χ1) is 9.83. The zero-order valence-corrected chi connectivity index (χ0v) is 13.1. The summed E-state index contributed by atoms with van der Waals surface area (Å²) < 4.78 is 5.25. The van der Waals surface area contributed by atoms with E-state index in [1.165, 1.54) is 45.3 Å². The van der Waals surface area contributed by atoms with Crippen LogP contribution in [0.1, 0.15) is 25.7 Å². The Hall–Kier alpha value is -0.810. The van der Waals surface area contributed by atoms with Gasteiger partial charge in [-0.25, -0.2) is 0 Å². The second-order valence-corrected chi connectivity index (χ2v) is 5.93. The molecule has 20 heavy (non-hydrogen) atoms. The molecule has 0 aromatic heterocycles. The van der Waals surface area contributed by atoms with Gasteiger partial charge >= 0.3 is 0 Å². The van der Waals surface area contributed by atoms with Gasteiger partial charge in [-0.05, 0) is 45.3 Å². The molecule has 2 fully saturated rings. The number of likely N-dealkylation sites (tertiary alicyclic amines) is 2. The third-order valence-electron chi connectivity index (χ3n) is 4.33. The minimum absolute atomic E-state index is 0.656. The van der Waals surface area contributed by atoms with E-state index < -0.39 is 0 Å². The molecule has 2 heterocycles. The molecular weight excluding hydrogens is 252 g/mol. The van der Waals surface area contributed by atoms with Crippen molar-refractivity contribution in [2.45, 2.75) is 25.7 Å². The standard InChI is InChI=1S/C15H30N4O/c1-16-15(19-11-6-14(12-19)13-20-2)17-7-5-10-18-8-3-4-9-18/h14H,3-13H2,1-2H3,(H,16,17). The lowest BCUT2D eigenvalue weighted by Crippen LogP contribution is -2.41. The van der Waals surface area contributed by atoms with Gasteiger partial charge in [0.2, 0.25) is 0 Å². The van der Waals surface area contributed by atoms with Gasteiger partial charge in [-0.3, -0.25) is 4.99 Å². The van der Waals surface area contributed by atoms with Gasteiger partial charge in [0.1, 0.15) is 0 Å². The Morgan fingerprint density at radius 3 is 2.80 bits per heavy atom. The average molecular weight is 282 g/mol. The molecule has 0 bridgehead atoms. The molecule has 5 heteroatoms. The van der Waals surface area contributed by atoms with E-state index in [1.807, 2.05) is 7.05 Å². The van der Waals surface area contributed by atoms with Gasteiger partial charge in [-0.15, -0.1) is 0 Å². The van der Waals surface area contributed by atoms with E-state index in [1.54, 1.807) is 7.11 Å². The van der Waals surface area contributed by atoms with Gasteiger partial charge < -0.3 is 19.9 Å². The molecule has 1 N–H and O–H groups in total. The number of nitrogens with zero attached hydrogens (tertiary/aromatic N) is 3. The fourth-order valence-electron chi connectivity index (χ4n) is 3.24. The lowest BCUT2D eigenvalue weighted by Gasteiger charge is -2.22. The zero-order valence-electron chi connectivity index (χ0n) is 13.1. The Kier molecular flexibility index (Phi) is 6.60. The van der Waals surface area contributed by atoms with Crippen molar-refractivity contribution in [3.63, 3.8) is 0 Å². The lowest BCUT2D eigenvalue weighted by atomic mass is 10.1. The zero-order chi connectivity index (χ0) is 14.2. The molecule has 2 rings (SSSR count). The van der Waals surface area contributed by atoms with Crippen LogP contribution in [-0.4, -0.2) is 75.8 Å². The lowest BCUT2D eigenvalue weighted by molar-refractivity contribution is 0.157. The maximum absolute atomic E-state index is 5.25. The summed E-state index contributed by atoms with van der Waals surface area (Å²) in [5.41, 5.74) is 0. The number of nitrogens with one attached hydrogen (secondary N) is 1. The van der Waals surface area contributed by atoms with Crippen LogP contribution in [0, 0.1) is 5.92 Å². The van der Waals surface area contributed by atoms with E-state index in [4.69, 9.17) is 4.74 Å². The summed E-state index contributed by atoms with van der Waals surface area (Å²) in [5, 5.41) is 3.51. The molecule has 2 aliphatic heterocycles. The molecule has 1 unspecified atom stereocenters. The highest BCUT2D eigenvalue weighted by Gasteiger charge is 2.24. The van der Waals surface area contributed by atoms with Crippen molar-refractivity contribution in [3.8, 4) is 0 Å². The van der Waals surface area contributed by atoms with Crippen molar-refractivity contribution in [1.82, 2.24) is 15.1 Å². The van der Waals surface area contributed by atoms with E-state index in [9.17, 15) is 0 Å². The Morgan fingerprint density at radius 1 is 1.30 bits per heavy atom. The molecule has 0 aromatic carbocycles. The second kappa shape index (κ2) is 8.47. The van der Waals surface area contributed by atoms with Gasteiger partial charge in [0, 0.05) is 39.7 Å². The van der Waals surface area contributed by atoms with Crippen molar-refractivity contribution < 1.29 is 4.74 Å². The van der Waals surface area contributed by atoms with Crippen LogP contribution in [0.15, 0.2) is 4.99 Å². The first-order valence-electron chi connectivity index (χ1n) is 8.00. The monoisotopic (exact) mass is 282 g/mol. The van der Waals surface area contributed by atoms with E-state index in [0.29, 0.717) is 5.92 Å². The minimum atomic E-state index is 0.656. The van der Waals surface area contributed by atoms with Crippen LogP contribution < -0.4 is 5.32 Å². The first-order valence-corrected chi connectivity index (χ1v) is 8.00. The predicted molar refractivity (Wildman–Crippen MR) is 83.2 cm³/mol. The molecule has 2 aliphatic rings. The van der Waals surface area contributed by atoms with Crippen LogP contribution in [0.3, 0.4) is 0 Å². The number of hydrogen-bond acceptors (Lipinski definition) is 3. The molecule has 5 nitrogen and oxygen atoms in total. The summed E-state index contributed by atoms with van der Waals surface area (Å²) in [5.74, 6) is 1.72. The third kappa shape index (κ3) is 4.63. The average Bonchev–Trinajstić information content (AvgIpc) is 3.11. The smallest absolute Gasteiger partial charge is 0.193 e. The van der Waals surface area contributed by atoms with Crippen LogP contribution in [-0.2, 0) is 4.74 Å². The third-order valence-corrected chi connectivity index (χ3v) is 4.33. The number of rotatable bonds is 6. The van der Waals surface area contributed by atoms with E-state index in [-0.39, 0.29) is 0 Å². The number of guanidine groups is 1. The Bertz CT molecular complexity index is 302. The first kappa shape index (κ1) is 15.6. The predicted octanol–water partition coefficient (Wildman–Crippen LogP) is 1.02. The van der Waals surface area contributed by atoms with Crippen molar-refractivity contribution in [3.05, 3.63) is 0 Å². The number of ether oxygens (including phenoxy) is 1. The maximum atomic E-state index is 5.25. The second-order valence-electron chi connectivity index (χ2n) is 5.93. The molecule has 0 spiro atoms. The maximum Gasteiger partial charge on any atom is 0.193 e. The summed E-state index contributed by atoms with van der Waals surface area (Å²) in [6.07, 6.45) is 5.17. The highest BCUT2D eigenvalue weighted by molar-refractivity contribution is 5.80. The van der Waals surface area contributed by atoms with Crippen molar-refractivity contribution in [2.24, 2.45) is 10.9 Å². The fraction of sp³-hybridized carbons (Fsp3) is 0.933. The highest BCUT2D eigenvalue weighted by Crippen LogP contribution is 2.16. The Labute approximate surface area is 123 Å². The van der Waals surface area contributed by atoms with Gasteiger partial charge in [0.15, 0.2) is 5.96 Å². The van der Waals surface area contributed by atoms with Gasteiger partial charge in [0.05, 0.1) is 6.61 Å². The van der Waals surface area contributed by atoms with Crippen LogP contribution in [0.5, 0.6) is 0 Å². The minimum Gasteiger partial charge on any atom is -0.384 e. The quantitative estimate of drug-likeness (QED) is 0.448. The molecule has 0 aliphatic carbocycles. The van der Waals surface area contributed by atoms with E-state index >= 15 is 0 Å². The van der Waals surface area contributed by atoms with E-state index in [2.05, 4.69) is 20.1 Å². The topological polar surface area (TPSA) is 40.1 Å². The molecule has 2 saturated heterocycles. The SMILES string of the molecule is CN=C(NCCCN1CCCC1)N1CCC(COC)C1. The molecule has 0 aromatic rings. The summed E-state index contributed by atoms with van der Waals surface area (Å²) in [6.45, 7) is 7.85. The fourth-order valence-corrected chi connectivity index (χ4v) is 3.24. The normalized spacial score (nSPS) is 24.6. The highest BCUT2D eigenvalue weighted by atomic mass is 16.5. The largest absolute Gasteiger partial charge is 0.384 e. The van der Waals surface area contributed by atoms with Crippen LogP contribution in [0.2, 0.25) is 0 Å². The van der Waals surface area contributed by atoms with Crippen LogP contribution in [0.25, 0.3) is 0 Å². The number of methoxy groups -OCH3 is 1. The molecule has 0 amide bonds. The Morgan fingerprint density at radius 2 is 2.10 bits per heavy atom. The summed E-state index contributed by atoms with van der Waals surface area (Å²) in [4.78, 5) is 9.34. The van der Waals surface area contributed by atoms with Gasteiger partial charge in [-0.1, -0.05) is 0 Å². The number of aliphatic imine (C=N–C) groups is 1. The summed E-state index contributed by atoms with van der Waals surface area (Å²) >= 11 is 0. The molecule has 0 radical (unpaired) electrons. The van der Waals surface area contributed by atoms with Crippen LogP contribution >= 0.6 is 0 Å². The Balaban J connectivity index is 1.62. The van der Waals surface area contributed by atoms with Crippen molar-refractivity contribution in [1.29, 1.82) is 0 Å². The molecule has 1 atom stereocenters. The summed E-state index contributed by atoms with van der Waals surface area (Å²) in [6, 6.07) is 0. The van der Waals surface area contributed by atoms with Crippen LogP contribution in [0.4, 0.5) is 0 Å². The molecular formula is C15H30N4O. The van der Waals surface area contributed by atoms with E-state index in [0.717, 1.165) is 32.2 Å². The molecule has 0 saturated carbocycles. The molecule has 116 valence electrons. The van der Waals surface area contributed by atoms with Gasteiger partial charge in [-0.2, -0.15) is 0 Å². The number of hydrogen-bond donors (Lipinski definition) is 1.